The molecule has 0 saturated heterocycles. The Morgan fingerprint density at radius 3 is 2.04 bits per heavy atom. The molecule has 5 nitrogen and oxygen atoms in total. The van der Waals surface area contributed by atoms with Gasteiger partial charge in [-0.2, -0.15) is 5.26 Å². The van der Waals surface area contributed by atoms with Crippen LogP contribution in [0.1, 0.15) is 30.5 Å². The van der Waals surface area contributed by atoms with Crippen LogP contribution in [-0.2, 0) is 5.41 Å². The molecular weight excluding hydrogens is 673 g/mol. The summed E-state index contributed by atoms with van der Waals surface area (Å²) in [5.41, 5.74) is 14.3. The van der Waals surface area contributed by atoms with Gasteiger partial charge in [0.2, 0.25) is 0 Å². The van der Waals surface area contributed by atoms with Crippen LogP contribution in [0.5, 0.6) is 0 Å². The van der Waals surface area contributed by atoms with Gasteiger partial charge in [-0.3, -0.25) is 0 Å². The quantitative estimate of drug-likeness (QED) is 0.183. The third-order valence-electron chi connectivity index (χ3n) is 11.5. The van der Waals surface area contributed by atoms with Gasteiger partial charge in [-0.25, -0.2) is 9.97 Å². The van der Waals surface area contributed by atoms with Gasteiger partial charge in [0.1, 0.15) is 22.8 Å². The topological polar surface area (TPSA) is 67.6 Å². The van der Waals surface area contributed by atoms with Crippen molar-refractivity contribution in [2.75, 3.05) is 0 Å². The van der Waals surface area contributed by atoms with Crippen molar-refractivity contribution in [1.29, 1.82) is 5.26 Å². The van der Waals surface area contributed by atoms with Gasteiger partial charge in [0.05, 0.1) is 22.4 Å². The molecule has 0 N–H and O–H groups in total. The summed E-state index contributed by atoms with van der Waals surface area (Å²) in [7, 11) is 0. The van der Waals surface area contributed by atoms with Gasteiger partial charge in [0.25, 0.3) is 0 Å². The van der Waals surface area contributed by atoms with E-state index in [4.69, 9.17) is 14.4 Å². The molecule has 0 radical (unpaired) electrons. The predicted molar refractivity (Wildman–Crippen MR) is 222 cm³/mol. The molecule has 1 aliphatic carbocycles. The third-order valence-corrected chi connectivity index (χ3v) is 11.5. The highest BCUT2D eigenvalue weighted by Crippen LogP contribution is 2.51. The Bertz CT molecular complexity index is 3240. The molecule has 0 amide bonds. The monoisotopic (exact) mass is 704 g/mol. The summed E-state index contributed by atoms with van der Waals surface area (Å²) in [5.74, 6) is 0.562. The lowest BCUT2D eigenvalue weighted by Crippen LogP contribution is -2.14. The highest BCUT2D eigenvalue weighted by atomic mass is 16.3. The first-order chi connectivity index (χ1) is 27.0. The van der Waals surface area contributed by atoms with E-state index in [1.165, 1.54) is 38.5 Å². The molecular formula is C50H32N4O. The summed E-state index contributed by atoms with van der Waals surface area (Å²) in [6.45, 7) is 4.67. The Hall–Kier alpha value is -7.29. The average molecular weight is 705 g/mol. The van der Waals surface area contributed by atoms with E-state index in [9.17, 15) is 5.26 Å². The first kappa shape index (κ1) is 31.3. The van der Waals surface area contributed by atoms with E-state index in [0.717, 1.165) is 49.8 Å². The fourth-order valence-electron chi connectivity index (χ4n) is 8.79. The second-order valence-corrected chi connectivity index (χ2v) is 14.9. The second-order valence-electron chi connectivity index (χ2n) is 14.9. The molecule has 0 saturated carbocycles. The molecule has 0 fully saturated rings. The molecule has 7 aromatic carbocycles. The molecule has 0 spiro atoms. The van der Waals surface area contributed by atoms with Gasteiger partial charge >= 0.3 is 0 Å². The lowest BCUT2D eigenvalue weighted by molar-refractivity contribution is 0.661. The van der Waals surface area contributed by atoms with Crippen LogP contribution in [0.25, 0.3) is 94.5 Å². The number of benzene rings is 7. The summed E-state index contributed by atoms with van der Waals surface area (Å²) < 4.78 is 8.95. The van der Waals surface area contributed by atoms with Gasteiger partial charge in [0, 0.05) is 49.3 Å². The third kappa shape index (κ3) is 4.58. The summed E-state index contributed by atoms with van der Waals surface area (Å²) >= 11 is 0. The van der Waals surface area contributed by atoms with Crippen LogP contribution >= 0.6 is 0 Å². The highest BCUT2D eigenvalue weighted by Gasteiger charge is 2.36. The minimum absolute atomic E-state index is 0.109. The van der Waals surface area contributed by atoms with E-state index < -0.39 is 0 Å². The zero-order chi connectivity index (χ0) is 36.8. The lowest BCUT2D eigenvalue weighted by Gasteiger charge is -2.21. The number of aromatic nitrogens is 3. The molecule has 11 rings (SSSR count). The fraction of sp³-hybridized carbons (Fsp3) is 0.0600. The summed E-state index contributed by atoms with van der Waals surface area (Å²) in [6.07, 6.45) is 0. The average Bonchev–Trinajstić information content (AvgIpc) is 3.84. The number of hydrogen-bond acceptors (Lipinski definition) is 4. The molecule has 0 unspecified atom stereocenters. The van der Waals surface area contributed by atoms with Crippen LogP contribution < -0.4 is 0 Å². The van der Waals surface area contributed by atoms with E-state index >= 15 is 0 Å². The molecule has 5 heteroatoms. The number of rotatable bonds is 4. The number of nitriles is 1. The Morgan fingerprint density at radius 1 is 0.527 bits per heavy atom. The Balaban J connectivity index is 1.09. The molecule has 3 aromatic heterocycles. The molecule has 258 valence electrons. The summed E-state index contributed by atoms with van der Waals surface area (Å²) in [6, 6.07) is 57.1. The fourth-order valence-corrected chi connectivity index (χ4v) is 8.79. The lowest BCUT2D eigenvalue weighted by atomic mass is 9.82. The van der Waals surface area contributed by atoms with Crippen molar-refractivity contribution in [3.8, 4) is 56.8 Å². The molecule has 3 heterocycles. The molecule has 0 bridgehead atoms. The highest BCUT2D eigenvalue weighted by molar-refractivity contribution is 6.12. The van der Waals surface area contributed by atoms with Crippen molar-refractivity contribution in [2.24, 2.45) is 0 Å². The van der Waals surface area contributed by atoms with Crippen molar-refractivity contribution in [1.82, 2.24) is 14.5 Å². The Morgan fingerprint density at radius 2 is 1.24 bits per heavy atom. The van der Waals surface area contributed by atoms with E-state index in [-0.39, 0.29) is 5.41 Å². The minimum Gasteiger partial charge on any atom is -0.456 e. The first-order valence-electron chi connectivity index (χ1n) is 18.6. The van der Waals surface area contributed by atoms with Crippen LogP contribution in [0.2, 0.25) is 0 Å². The first-order valence-corrected chi connectivity index (χ1v) is 18.6. The molecule has 55 heavy (non-hydrogen) atoms. The van der Waals surface area contributed by atoms with Gasteiger partial charge in [-0.1, -0.05) is 123 Å². The normalized spacial score (nSPS) is 13.0. The van der Waals surface area contributed by atoms with E-state index in [0.29, 0.717) is 22.8 Å². The van der Waals surface area contributed by atoms with Crippen molar-refractivity contribution >= 4 is 43.7 Å². The van der Waals surface area contributed by atoms with Gasteiger partial charge in [0.15, 0.2) is 5.82 Å². The zero-order valence-electron chi connectivity index (χ0n) is 30.2. The zero-order valence-corrected chi connectivity index (χ0v) is 30.2. The second kappa shape index (κ2) is 11.6. The van der Waals surface area contributed by atoms with E-state index in [1.807, 2.05) is 72.8 Å². The van der Waals surface area contributed by atoms with E-state index in [2.05, 4.69) is 109 Å². The molecule has 0 aliphatic heterocycles. The Kier molecular flexibility index (Phi) is 6.59. The number of fused-ring (bicyclic) bond motifs is 9. The van der Waals surface area contributed by atoms with Crippen LogP contribution in [0, 0.1) is 11.3 Å². The number of hydrogen-bond donors (Lipinski definition) is 0. The molecule has 10 aromatic rings. The van der Waals surface area contributed by atoms with Crippen LogP contribution in [0.4, 0.5) is 0 Å². The van der Waals surface area contributed by atoms with Gasteiger partial charge in [-0.15, -0.1) is 0 Å². The van der Waals surface area contributed by atoms with E-state index in [1.54, 1.807) is 0 Å². The molecule has 1 aliphatic rings. The number of furan rings is 1. The van der Waals surface area contributed by atoms with Crippen molar-refractivity contribution in [3.05, 3.63) is 174 Å². The maximum atomic E-state index is 10.6. The Labute approximate surface area is 317 Å². The van der Waals surface area contributed by atoms with Crippen molar-refractivity contribution in [3.63, 3.8) is 0 Å². The van der Waals surface area contributed by atoms with Crippen LogP contribution in [0.3, 0.4) is 0 Å². The summed E-state index contributed by atoms with van der Waals surface area (Å²) in [4.78, 5) is 9.93. The van der Waals surface area contributed by atoms with Crippen molar-refractivity contribution in [2.45, 2.75) is 19.3 Å². The largest absolute Gasteiger partial charge is 0.456 e. The standard InChI is InChI=1S/C50H32N4O/c1-50(2)41-19-11-9-17-34(41)37-27-38-35-18-10-12-20-43(35)54(44(38)28-42(37)50)33-22-24-45-39(26-33)36-23-21-32(25-46(36)55-45)48-40(29-51)47(30-13-5-3-6-14-30)52-49(53-48)31-15-7-4-8-16-31/h3-28H,1-2H3. The SMILES string of the molecule is CC1(C)c2ccccc2-c2cc3c4ccccc4n(-c4ccc5oc6cc(-c7nc(-c8ccccc8)nc(-c8ccccc8)c7C#N)ccc6c5c4)c3cc21. The minimum atomic E-state index is -0.109. The number of para-hydroxylation sites is 1. The number of nitrogens with zero attached hydrogens (tertiary/aromatic N) is 4. The maximum Gasteiger partial charge on any atom is 0.160 e. The molecule has 0 atom stereocenters. The van der Waals surface area contributed by atoms with Crippen molar-refractivity contribution < 1.29 is 4.42 Å². The smallest absolute Gasteiger partial charge is 0.160 e. The van der Waals surface area contributed by atoms with Crippen LogP contribution in [0.15, 0.2) is 162 Å². The summed E-state index contributed by atoms with van der Waals surface area (Å²) in [5, 5.41) is 15.0. The maximum absolute atomic E-state index is 10.6. The van der Waals surface area contributed by atoms with Crippen LogP contribution in [-0.4, -0.2) is 14.5 Å². The van der Waals surface area contributed by atoms with Gasteiger partial charge < -0.3 is 8.98 Å². The van der Waals surface area contributed by atoms with Gasteiger partial charge in [-0.05, 0) is 70.8 Å². The predicted octanol–water partition coefficient (Wildman–Crippen LogP) is 12.7.